The Kier molecular flexibility index (Phi) is 3.06. The predicted molar refractivity (Wildman–Crippen MR) is 56.0 cm³/mol. The quantitative estimate of drug-likeness (QED) is 0.678. The summed E-state index contributed by atoms with van der Waals surface area (Å²) in [4.78, 5) is 14.1. The molecule has 80 valence electrons. The predicted octanol–water partition coefficient (Wildman–Crippen LogP) is 0.997. The number of hydrogen-bond donors (Lipinski definition) is 1. The van der Waals surface area contributed by atoms with Crippen LogP contribution in [0.25, 0.3) is 0 Å². The van der Waals surface area contributed by atoms with Crippen LogP contribution in [0.4, 0.5) is 0 Å². The Labute approximate surface area is 85.8 Å². The maximum atomic E-state index is 12.0. The van der Waals surface area contributed by atoms with Crippen molar-refractivity contribution in [3.8, 4) is 0 Å². The van der Waals surface area contributed by atoms with Crippen LogP contribution in [0.5, 0.6) is 0 Å². The van der Waals surface area contributed by atoms with Gasteiger partial charge in [-0.1, -0.05) is 6.92 Å². The fourth-order valence-electron chi connectivity index (χ4n) is 2.51. The minimum atomic E-state index is 0.125. The van der Waals surface area contributed by atoms with Gasteiger partial charge in [0, 0.05) is 13.1 Å². The van der Waals surface area contributed by atoms with Gasteiger partial charge in [-0.25, -0.2) is 0 Å². The first-order valence-electron chi connectivity index (χ1n) is 5.79. The van der Waals surface area contributed by atoms with E-state index in [0.717, 1.165) is 32.5 Å². The lowest BCUT2D eigenvalue weighted by Crippen LogP contribution is -2.47. The number of rotatable bonds is 1. The van der Waals surface area contributed by atoms with Crippen LogP contribution in [-0.4, -0.2) is 36.5 Å². The fraction of sp³-hybridized carbons (Fsp3) is 0.909. The van der Waals surface area contributed by atoms with E-state index in [-0.39, 0.29) is 6.04 Å². The van der Waals surface area contributed by atoms with Crippen molar-refractivity contribution in [2.45, 2.75) is 38.6 Å². The van der Waals surface area contributed by atoms with Gasteiger partial charge in [-0.15, -0.1) is 0 Å². The Balaban J connectivity index is 1.89. The lowest BCUT2D eigenvalue weighted by Gasteiger charge is -2.32. The molecule has 0 aromatic carbocycles. The van der Waals surface area contributed by atoms with Crippen molar-refractivity contribution in [1.82, 2.24) is 10.2 Å². The molecule has 2 aliphatic rings. The minimum Gasteiger partial charge on any atom is -0.341 e. The largest absolute Gasteiger partial charge is 0.341 e. The van der Waals surface area contributed by atoms with Crippen molar-refractivity contribution in [2.75, 3.05) is 19.6 Å². The number of carbonyl (C=O) groups is 1. The van der Waals surface area contributed by atoms with Gasteiger partial charge >= 0.3 is 0 Å². The van der Waals surface area contributed by atoms with Crippen LogP contribution in [0.15, 0.2) is 0 Å². The molecule has 0 aromatic rings. The standard InChI is InChI=1S/C11H20N2O/c1-9-4-3-7-13(8-9)11(14)10-5-2-6-12-10/h9-10,12H,2-8H2,1H3/t9-,10+/m0/s1. The van der Waals surface area contributed by atoms with Crippen molar-refractivity contribution >= 4 is 5.91 Å². The lowest BCUT2D eigenvalue weighted by atomic mass is 9.99. The summed E-state index contributed by atoms with van der Waals surface area (Å²) >= 11 is 0. The zero-order valence-corrected chi connectivity index (χ0v) is 8.96. The zero-order valence-electron chi connectivity index (χ0n) is 8.96. The third-order valence-electron chi connectivity index (χ3n) is 3.33. The highest BCUT2D eigenvalue weighted by atomic mass is 16.2. The Morgan fingerprint density at radius 2 is 2.21 bits per heavy atom. The van der Waals surface area contributed by atoms with Crippen molar-refractivity contribution in [2.24, 2.45) is 5.92 Å². The smallest absolute Gasteiger partial charge is 0.239 e. The van der Waals surface area contributed by atoms with Crippen LogP contribution in [0.3, 0.4) is 0 Å². The van der Waals surface area contributed by atoms with E-state index in [4.69, 9.17) is 0 Å². The van der Waals surface area contributed by atoms with E-state index in [9.17, 15) is 4.79 Å². The topological polar surface area (TPSA) is 32.3 Å². The van der Waals surface area contributed by atoms with Gasteiger partial charge < -0.3 is 10.2 Å². The molecule has 2 heterocycles. The van der Waals surface area contributed by atoms with Crippen LogP contribution in [0.2, 0.25) is 0 Å². The van der Waals surface area contributed by atoms with Gasteiger partial charge in [0.1, 0.15) is 0 Å². The molecule has 1 N–H and O–H groups in total. The molecule has 0 radical (unpaired) electrons. The van der Waals surface area contributed by atoms with E-state index in [0.29, 0.717) is 11.8 Å². The van der Waals surface area contributed by atoms with E-state index in [2.05, 4.69) is 17.1 Å². The molecule has 0 unspecified atom stereocenters. The molecule has 3 heteroatoms. The monoisotopic (exact) mass is 196 g/mol. The van der Waals surface area contributed by atoms with Gasteiger partial charge in [-0.05, 0) is 38.1 Å². The van der Waals surface area contributed by atoms with Crippen molar-refractivity contribution in [1.29, 1.82) is 0 Å². The number of piperidine rings is 1. The molecule has 2 atom stereocenters. The molecule has 0 aliphatic carbocycles. The summed E-state index contributed by atoms with van der Waals surface area (Å²) in [5, 5.41) is 3.28. The Bertz CT molecular complexity index is 211. The summed E-state index contributed by atoms with van der Waals surface area (Å²) < 4.78 is 0. The summed E-state index contributed by atoms with van der Waals surface area (Å²) in [6, 6.07) is 0.125. The van der Waals surface area contributed by atoms with E-state index in [1.165, 1.54) is 12.8 Å². The Hall–Kier alpha value is -0.570. The van der Waals surface area contributed by atoms with E-state index < -0.39 is 0 Å². The van der Waals surface area contributed by atoms with Crippen LogP contribution in [0.1, 0.15) is 32.6 Å². The van der Waals surface area contributed by atoms with Crippen LogP contribution >= 0.6 is 0 Å². The zero-order chi connectivity index (χ0) is 9.97. The SMILES string of the molecule is C[C@H]1CCCN(C(=O)[C@H]2CCCN2)C1. The van der Waals surface area contributed by atoms with Gasteiger partial charge in [0.05, 0.1) is 6.04 Å². The van der Waals surface area contributed by atoms with Gasteiger partial charge in [-0.3, -0.25) is 4.79 Å². The number of nitrogens with zero attached hydrogens (tertiary/aromatic N) is 1. The number of amides is 1. The summed E-state index contributed by atoms with van der Waals surface area (Å²) in [6.07, 6.45) is 4.64. The third kappa shape index (κ3) is 2.08. The second kappa shape index (κ2) is 4.30. The lowest BCUT2D eigenvalue weighted by molar-refractivity contribution is -0.134. The Morgan fingerprint density at radius 3 is 2.86 bits per heavy atom. The molecular weight excluding hydrogens is 176 g/mol. The second-order valence-corrected chi connectivity index (χ2v) is 4.68. The average molecular weight is 196 g/mol. The molecule has 2 rings (SSSR count). The molecular formula is C11H20N2O. The first-order valence-corrected chi connectivity index (χ1v) is 5.79. The average Bonchev–Trinajstić information content (AvgIpc) is 2.69. The highest BCUT2D eigenvalue weighted by Crippen LogP contribution is 2.18. The van der Waals surface area contributed by atoms with Gasteiger partial charge in [0.15, 0.2) is 0 Å². The Morgan fingerprint density at radius 1 is 1.36 bits per heavy atom. The maximum absolute atomic E-state index is 12.0. The van der Waals surface area contributed by atoms with Crippen LogP contribution in [0, 0.1) is 5.92 Å². The molecule has 2 aliphatic heterocycles. The summed E-state index contributed by atoms with van der Waals surface area (Å²) in [5.74, 6) is 1.03. The molecule has 0 saturated carbocycles. The van der Waals surface area contributed by atoms with Gasteiger partial charge in [0.25, 0.3) is 0 Å². The molecule has 2 fully saturated rings. The summed E-state index contributed by atoms with van der Waals surface area (Å²) in [7, 11) is 0. The maximum Gasteiger partial charge on any atom is 0.239 e. The molecule has 0 bridgehead atoms. The van der Waals surface area contributed by atoms with Crippen LogP contribution < -0.4 is 5.32 Å². The van der Waals surface area contributed by atoms with Gasteiger partial charge in [-0.2, -0.15) is 0 Å². The number of likely N-dealkylation sites (tertiary alicyclic amines) is 1. The minimum absolute atomic E-state index is 0.125. The summed E-state index contributed by atoms with van der Waals surface area (Å²) in [5.41, 5.74) is 0. The number of hydrogen-bond acceptors (Lipinski definition) is 2. The molecule has 1 amide bonds. The van der Waals surface area contributed by atoms with E-state index in [1.807, 2.05) is 0 Å². The molecule has 0 spiro atoms. The number of nitrogens with one attached hydrogen (secondary N) is 1. The van der Waals surface area contributed by atoms with Crippen molar-refractivity contribution in [3.05, 3.63) is 0 Å². The van der Waals surface area contributed by atoms with Crippen molar-refractivity contribution in [3.63, 3.8) is 0 Å². The van der Waals surface area contributed by atoms with Crippen LogP contribution in [-0.2, 0) is 4.79 Å². The molecule has 14 heavy (non-hydrogen) atoms. The number of carbonyl (C=O) groups excluding carboxylic acids is 1. The first-order chi connectivity index (χ1) is 6.77. The summed E-state index contributed by atoms with van der Waals surface area (Å²) in [6.45, 7) is 5.19. The van der Waals surface area contributed by atoms with E-state index >= 15 is 0 Å². The molecule has 0 aromatic heterocycles. The fourth-order valence-corrected chi connectivity index (χ4v) is 2.51. The second-order valence-electron chi connectivity index (χ2n) is 4.68. The van der Waals surface area contributed by atoms with Gasteiger partial charge in [0.2, 0.25) is 5.91 Å². The third-order valence-corrected chi connectivity index (χ3v) is 3.33. The normalized spacial score (nSPS) is 33.4. The highest BCUT2D eigenvalue weighted by Gasteiger charge is 2.28. The van der Waals surface area contributed by atoms with E-state index in [1.54, 1.807) is 0 Å². The van der Waals surface area contributed by atoms with Crippen molar-refractivity contribution < 1.29 is 4.79 Å². The molecule has 3 nitrogen and oxygen atoms in total. The highest BCUT2D eigenvalue weighted by molar-refractivity contribution is 5.82. The molecule has 2 saturated heterocycles. The first kappa shape index (κ1) is 9.97.